The average Bonchev–Trinajstić information content (AvgIpc) is 3.14. The van der Waals surface area contributed by atoms with Gasteiger partial charge < -0.3 is 15.7 Å². The highest BCUT2D eigenvalue weighted by Crippen LogP contribution is 2.24. The maximum atomic E-state index is 12.5. The molecule has 1 saturated heterocycles. The molecular weight excluding hydrogens is 346 g/mol. The minimum atomic E-state index is -1.09. The van der Waals surface area contributed by atoms with E-state index >= 15 is 0 Å². The number of nitrogens with zero attached hydrogens (tertiary/aromatic N) is 3. The van der Waals surface area contributed by atoms with Gasteiger partial charge in [0.2, 0.25) is 5.91 Å². The molecule has 140 valence electrons. The van der Waals surface area contributed by atoms with E-state index in [4.69, 9.17) is 5.53 Å². The van der Waals surface area contributed by atoms with Crippen LogP contribution in [-0.4, -0.2) is 41.7 Å². The van der Waals surface area contributed by atoms with E-state index < -0.39 is 29.9 Å². The average molecular weight is 367 g/mol. The van der Waals surface area contributed by atoms with Crippen LogP contribution in [0.2, 0.25) is 0 Å². The Morgan fingerprint density at radius 2 is 2.04 bits per heavy atom. The van der Waals surface area contributed by atoms with Crippen molar-refractivity contribution in [2.24, 2.45) is 5.11 Å². The third-order valence-electron chi connectivity index (χ3n) is 5.00. The van der Waals surface area contributed by atoms with Gasteiger partial charge in [0, 0.05) is 17.4 Å². The Morgan fingerprint density at radius 3 is 2.74 bits per heavy atom. The van der Waals surface area contributed by atoms with Gasteiger partial charge in [0.05, 0.1) is 12.1 Å². The molecule has 0 bridgehead atoms. The zero-order valence-electron chi connectivity index (χ0n) is 14.9. The largest absolute Gasteiger partial charge is 0.480 e. The Bertz CT molecular complexity index is 909. The number of hydrogen-bond donors (Lipinski definition) is 3. The highest BCUT2D eigenvalue weighted by atomic mass is 16.4. The molecule has 1 heterocycles. The van der Waals surface area contributed by atoms with Gasteiger partial charge in [-0.3, -0.25) is 4.79 Å². The van der Waals surface area contributed by atoms with E-state index in [0.717, 1.165) is 16.3 Å². The Kier molecular flexibility index (Phi) is 5.59. The number of rotatable bonds is 6. The van der Waals surface area contributed by atoms with Gasteiger partial charge >= 0.3 is 5.97 Å². The summed E-state index contributed by atoms with van der Waals surface area (Å²) in [5.41, 5.74) is 9.34. The van der Waals surface area contributed by atoms with Gasteiger partial charge in [-0.25, -0.2) is 4.79 Å². The normalized spacial score (nSPS) is 21.2. The number of amides is 1. The number of carbonyl (C=O) groups excluding carboxylic acids is 1. The Labute approximate surface area is 156 Å². The predicted octanol–water partition coefficient (Wildman–Crippen LogP) is 2.55. The standard InChI is InChI=1S/C19H21N5O3/c1-11(13-7-6-12-4-2-3-5-14(12)8-13)17(19(26)27)22-18(25)16-9-15(10-21-16)23-24-20/h2-8,11,15-17,21H,9-10H2,1H3,(H,22,25)(H,26,27)/t11?,15-,16-,17?/m0/s1. The summed E-state index contributed by atoms with van der Waals surface area (Å²) in [6.45, 7) is 2.19. The number of carboxylic acid groups (broad SMARTS) is 1. The minimum Gasteiger partial charge on any atom is -0.480 e. The number of aliphatic carboxylic acids is 1. The van der Waals surface area contributed by atoms with Crippen molar-refractivity contribution in [1.29, 1.82) is 0 Å². The van der Waals surface area contributed by atoms with E-state index in [2.05, 4.69) is 20.7 Å². The van der Waals surface area contributed by atoms with Gasteiger partial charge in [-0.15, -0.1) is 0 Å². The second kappa shape index (κ2) is 8.07. The van der Waals surface area contributed by atoms with Gasteiger partial charge in [-0.05, 0) is 28.3 Å². The van der Waals surface area contributed by atoms with Crippen LogP contribution in [0.5, 0.6) is 0 Å². The zero-order valence-corrected chi connectivity index (χ0v) is 14.9. The van der Waals surface area contributed by atoms with E-state index in [-0.39, 0.29) is 6.04 Å². The van der Waals surface area contributed by atoms with Crippen molar-refractivity contribution in [3.05, 3.63) is 58.5 Å². The SMILES string of the molecule is CC(c1ccc2ccccc2c1)C(NC(=O)[C@@H]1C[C@H](N=[N+]=[N-])CN1)C(=O)O. The third kappa shape index (κ3) is 4.19. The number of nitrogens with one attached hydrogen (secondary N) is 2. The summed E-state index contributed by atoms with van der Waals surface area (Å²) in [7, 11) is 0. The number of carbonyl (C=O) groups is 2. The molecule has 0 aliphatic carbocycles. The third-order valence-corrected chi connectivity index (χ3v) is 5.00. The van der Waals surface area contributed by atoms with Crippen LogP contribution in [-0.2, 0) is 9.59 Å². The topological polar surface area (TPSA) is 127 Å². The van der Waals surface area contributed by atoms with Crippen molar-refractivity contribution in [3.8, 4) is 0 Å². The fourth-order valence-electron chi connectivity index (χ4n) is 3.42. The highest BCUT2D eigenvalue weighted by Gasteiger charge is 2.33. The molecule has 2 unspecified atom stereocenters. The summed E-state index contributed by atoms with van der Waals surface area (Å²) < 4.78 is 0. The van der Waals surface area contributed by atoms with Gasteiger partial charge in [0.15, 0.2) is 0 Å². The van der Waals surface area contributed by atoms with Crippen LogP contribution >= 0.6 is 0 Å². The molecule has 4 atom stereocenters. The van der Waals surface area contributed by atoms with Crippen molar-refractivity contribution in [2.75, 3.05) is 6.54 Å². The monoisotopic (exact) mass is 367 g/mol. The Balaban J connectivity index is 1.75. The van der Waals surface area contributed by atoms with Crippen LogP contribution in [0, 0.1) is 0 Å². The van der Waals surface area contributed by atoms with Gasteiger partial charge in [-0.1, -0.05) is 54.5 Å². The van der Waals surface area contributed by atoms with Crippen LogP contribution in [0.4, 0.5) is 0 Å². The quantitative estimate of drug-likeness (QED) is 0.412. The van der Waals surface area contributed by atoms with E-state index in [1.165, 1.54) is 0 Å². The number of fused-ring (bicyclic) bond motifs is 1. The molecule has 1 aliphatic rings. The molecule has 1 amide bonds. The number of azide groups is 1. The van der Waals surface area contributed by atoms with Crippen LogP contribution in [0.3, 0.4) is 0 Å². The molecule has 1 fully saturated rings. The molecule has 8 nitrogen and oxygen atoms in total. The molecule has 0 aromatic heterocycles. The first-order valence-electron chi connectivity index (χ1n) is 8.79. The predicted molar refractivity (Wildman–Crippen MR) is 101 cm³/mol. The van der Waals surface area contributed by atoms with Crippen LogP contribution < -0.4 is 10.6 Å². The first-order valence-corrected chi connectivity index (χ1v) is 8.79. The summed E-state index contributed by atoms with van der Waals surface area (Å²) in [6, 6.07) is 11.7. The molecule has 0 spiro atoms. The number of hydrogen-bond acceptors (Lipinski definition) is 4. The molecule has 3 N–H and O–H groups in total. The fourth-order valence-corrected chi connectivity index (χ4v) is 3.42. The second-order valence-electron chi connectivity index (χ2n) is 6.78. The van der Waals surface area contributed by atoms with E-state index in [1.54, 1.807) is 6.92 Å². The van der Waals surface area contributed by atoms with E-state index in [0.29, 0.717) is 13.0 Å². The minimum absolute atomic E-state index is 0.299. The second-order valence-corrected chi connectivity index (χ2v) is 6.78. The smallest absolute Gasteiger partial charge is 0.326 e. The van der Waals surface area contributed by atoms with Crippen molar-refractivity contribution in [2.45, 2.75) is 37.4 Å². The van der Waals surface area contributed by atoms with Gasteiger partial charge in [0.1, 0.15) is 6.04 Å². The first kappa shape index (κ1) is 18.7. The molecule has 27 heavy (non-hydrogen) atoms. The lowest BCUT2D eigenvalue weighted by Crippen LogP contribution is -2.50. The highest BCUT2D eigenvalue weighted by molar-refractivity contribution is 5.88. The van der Waals surface area contributed by atoms with Crippen molar-refractivity contribution >= 4 is 22.6 Å². The summed E-state index contributed by atoms with van der Waals surface area (Å²) >= 11 is 0. The van der Waals surface area contributed by atoms with Gasteiger partial charge in [0.25, 0.3) is 0 Å². The Morgan fingerprint density at radius 1 is 1.30 bits per heavy atom. The zero-order chi connectivity index (χ0) is 19.4. The van der Waals surface area contributed by atoms with Crippen LogP contribution in [0.25, 0.3) is 21.2 Å². The first-order chi connectivity index (χ1) is 13.0. The molecular formula is C19H21N5O3. The van der Waals surface area contributed by atoms with Crippen LogP contribution in [0.1, 0.15) is 24.8 Å². The molecule has 2 aromatic rings. The maximum Gasteiger partial charge on any atom is 0.326 e. The van der Waals surface area contributed by atoms with E-state index in [9.17, 15) is 14.7 Å². The summed E-state index contributed by atoms with van der Waals surface area (Å²) in [4.78, 5) is 27.0. The molecule has 8 heteroatoms. The number of benzene rings is 2. The Hall–Kier alpha value is -3.09. The summed E-state index contributed by atoms with van der Waals surface area (Å²) in [6.07, 6.45) is 0.354. The summed E-state index contributed by atoms with van der Waals surface area (Å²) in [5, 5.41) is 20.9. The molecule has 1 aliphatic heterocycles. The fraction of sp³-hybridized carbons (Fsp3) is 0.368. The number of carboxylic acids is 1. The molecule has 0 radical (unpaired) electrons. The lowest BCUT2D eigenvalue weighted by molar-refractivity contribution is -0.142. The van der Waals surface area contributed by atoms with Gasteiger partial charge in [-0.2, -0.15) is 0 Å². The van der Waals surface area contributed by atoms with Crippen molar-refractivity contribution < 1.29 is 14.7 Å². The van der Waals surface area contributed by atoms with E-state index in [1.807, 2.05) is 42.5 Å². The molecule has 0 saturated carbocycles. The molecule has 3 rings (SSSR count). The maximum absolute atomic E-state index is 12.5. The lowest BCUT2D eigenvalue weighted by Gasteiger charge is -2.24. The van der Waals surface area contributed by atoms with Crippen molar-refractivity contribution in [1.82, 2.24) is 10.6 Å². The van der Waals surface area contributed by atoms with Crippen molar-refractivity contribution in [3.63, 3.8) is 0 Å². The summed E-state index contributed by atoms with van der Waals surface area (Å²) in [5.74, 6) is -1.90. The van der Waals surface area contributed by atoms with Crippen LogP contribution in [0.15, 0.2) is 47.6 Å². The lowest BCUT2D eigenvalue weighted by atomic mass is 9.91. The molecule has 2 aromatic carbocycles.